The smallest absolute Gasteiger partial charge is 0.128 e. The van der Waals surface area contributed by atoms with Gasteiger partial charge in [0.2, 0.25) is 0 Å². The topological polar surface area (TPSA) is 49.6 Å². The van der Waals surface area contributed by atoms with Crippen molar-refractivity contribution in [1.82, 2.24) is 9.97 Å². The Morgan fingerprint density at radius 1 is 1.53 bits per heavy atom. The van der Waals surface area contributed by atoms with E-state index in [0.717, 1.165) is 22.7 Å². The van der Waals surface area contributed by atoms with Crippen molar-refractivity contribution < 1.29 is 0 Å². The van der Waals surface area contributed by atoms with Gasteiger partial charge < -0.3 is 0 Å². The van der Waals surface area contributed by atoms with Crippen molar-refractivity contribution >= 4 is 11.3 Å². The maximum Gasteiger partial charge on any atom is 0.128 e. The molecule has 0 aliphatic heterocycles. The van der Waals surface area contributed by atoms with Crippen LogP contribution in [0.25, 0.3) is 10.6 Å². The molecule has 0 unspecified atom stereocenters. The number of rotatable bonds is 2. The van der Waals surface area contributed by atoms with E-state index in [-0.39, 0.29) is 0 Å². The van der Waals surface area contributed by atoms with Gasteiger partial charge in [0.1, 0.15) is 16.0 Å². The number of hydrogen-bond acceptors (Lipinski definition) is 4. The minimum absolute atomic E-state index is 0.705. The highest BCUT2D eigenvalue weighted by Crippen LogP contribution is 2.27. The van der Waals surface area contributed by atoms with Crippen molar-refractivity contribution in [2.45, 2.75) is 13.3 Å². The molecule has 2 heterocycles. The zero-order chi connectivity index (χ0) is 10.7. The molecule has 0 radical (unpaired) electrons. The van der Waals surface area contributed by atoms with E-state index in [4.69, 9.17) is 5.26 Å². The van der Waals surface area contributed by atoms with Crippen molar-refractivity contribution in [3.05, 3.63) is 35.1 Å². The van der Waals surface area contributed by atoms with E-state index in [1.165, 1.54) is 11.3 Å². The Balaban J connectivity index is 2.48. The third-order valence-corrected chi connectivity index (χ3v) is 3.09. The largest absolute Gasteiger partial charge is 0.264 e. The molecule has 0 atom stereocenters. The van der Waals surface area contributed by atoms with Crippen LogP contribution in [0.1, 0.15) is 17.5 Å². The maximum absolute atomic E-state index is 8.91. The molecule has 15 heavy (non-hydrogen) atoms. The summed E-state index contributed by atoms with van der Waals surface area (Å²) in [5, 5.41) is 9.79. The van der Waals surface area contributed by atoms with Gasteiger partial charge in [0.25, 0.3) is 0 Å². The molecule has 0 bridgehead atoms. The standard InChI is InChI=1S/C11H9N3S/c1-2-9-10(6-12)15-11(14-9)8-4-3-5-13-7-8/h3-5,7H,2H2,1H3. The molecule has 2 aromatic rings. The van der Waals surface area contributed by atoms with Crippen LogP contribution in [0.2, 0.25) is 0 Å². The number of aryl methyl sites for hydroxylation is 1. The minimum Gasteiger partial charge on any atom is -0.264 e. The Morgan fingerprint density at radius 3 is 2.93 bits per heavy atom. The third kappa shape index (κ3) is 1.88. The third-order valence-electron chi connectivity index (χ3n) is 2.04. The summed E-state index contributed by atoms with van der Waals surface area (Å²) in [7, 11) is 0. The highest BCUT2D eigenvalue weighted by molar-refractivity contribution is 7.15. The average molecular weight is 215 g/mol. The lowest BCUT2D eigenvalue weighted by Crippen LogP contribution is -1.83. The van der Waals surface area contributed by atoms with E-state index >= 15 is 0 Å². The molecule has 0 amide bonds. The van der Waals surface area contributed by atoms with Gasteiger partial charge in [-0.15, -0.1) is 11.3 Å². The number of nitrogens with zero attached hydrogens (tertiary/aromatic N) is 3. The number of pyridine rings is 1. The van der Waals surface area contributed by atoms with Crippen LogP contribution in [-0.2, 0) is 6.42 Å². The predicted octanol–water partition coefficient (Wildman–Crippen LogP) is 2.64. The fraction of sp³-hybridized carbons (Fsp3) is 0.182. The fourth-order valence-corrected chi connectivity index (χ4v) is 2.23. The SMILES string of the molecule is CCc1nc(-c2cccnc2)sc1C#N. The lowest BCUT2D eigenvalue weighted by Gasteiger charge is -1.92. The van der Waals surface area contributed by atoms with Crippen molar-refractivity contribution in [3.63, 3.8) is 0 Å². The van der Waals surface area contributed by atoms with Crippen molar-refractivity contribution in [2.24, 2.45) is 0 Å². The summed E-state index contributed by atoms with van der Waals surface area (Å²) in [6.45, 7) is 2.00. The number of aromatic nitrogens is 2. The minimum atomic E-state index is 0.705. The van der Waals surface area contributed by atoms with E-state index in [0.29, 0.717) is 4.88 Å². The van der Waals surface area contributed by atoms with Gasteiger partial charge in [-0.25, -0.2) is 4.98 Å². The van der Waals surface area contributed by atoms with E-state index in [2.05, 4.69) is 16.0 Å². The van der Waals surface area contributed by atoms with Gasteiger partial charge in [0.15, 0.2) is 0 Å². The lowest BCUT2D eigenvalue weighted by molar-refractivity contribution is 1.06. The van der Waals surface area contributed by atoms with Crippen LogP contribution in [0.4, 0.5) is 0 Å². The molecule has 0 fully saturated rings. The second-order valence-corrected chi connectivity index (χ2v) is 4.00. The molecule has 0 aromatic carbocycles. The number of nitriles is 1. The van der Waals surface area contributed by atoms with Gasteiger partial charge in [-0.05, 0) is 18.6 Å². The quantitative estimate of drug-likeness (QED) is 0.773. The van der Waals surface area contributed by atoms with Gasteiger partial charge in [-0.3, -0.25) is 4.98 Å². The molecule has 3 nitrogen and oxygen atoms in total. The first-order valence-electron chi connectivity index (χ1n) is 4.65. The molecule has 0 aliphatic rings. The molecule has 4 heteroatoms. The molecule has 0 saturated carbocycles. The molecular weight excluding hydrogens is 206 g/mol. The van der Waals surface area contributed by atoms with Gasteiger partial charge in [0.05, 0.1) is 5.69 Å². The Hall–Kier alpha value is -1.73. The highest BCUT2D eigenvalue weighted by Gasteiger charge is 2.10. The Bertz CT molecular complexity index is 496. The second kappa shape index (κ2) is 4.20. The lowest BCUT2D eigenvalue weighted by atomic mass is 10.3. The number of thiazole rings is 1. The highest BCUT2D eigenvalue weighted by atomic mass is 32.1. The van der Waals surface area contributed by atoms with E-state index in [9.17, 15) is 0 Å². The Kier molecular flexibility index (Phi) is 2.75. The summed E-state index contributed by atoms with van der Waals surface area (Å²) < 4.78 is 0. The molecule has 2 rings (SSSR count). The van der Waals surface area contributed by atoms with Crippen LogP contribution in [0.5, 0.6) is 0 Å². The summed E-state index contributed by atoms with van der Waals surface area (Å²) >= 11 is 1.42. The summed E-state index contributed by atoms with van der Waals surface area (Å²) in [4.78, 5) is 9.17. The van der Waals surface area contributed by atoms with Crippen LogP contribution < -0.4 is 0 Å². The number of hydrogen-bond donors (Lipinski definition) is 0. The summed E-state index contributed by atoms with van der Waals surface area (Å²) in [5.74, 6) is 0. The Labute approximate surface area is 92.1 Å². The first-order valence-corrected chi connectivity index (χ1v) is 5.47. The molecular formula is C11H9N3S. The normalized spacial score (nSPS) is 9.87. The van der Waals surface area contributed by atoms with Gasteiger partial charge >= 0.3 is 0 Å². The van der Waals surface area contributed by atoms with Crippen LogP contribution in [0.15, 0.2) is 24.5 Å². The molecule has 0 spiro atoms. The van der Waals surface area contributed by atoms with Crippen molar-refractivity contribution in [1.29, 1.82) is 5.26 Å². The maximum atomic E-state index is 8.91. The van der Waals surface area contributed by atoms with Gasteiger partial charge in [0, 0.05) is 18.0 Å². The molecule has 2 aromatic heterocycles. The molecule has 74 valence electrons. The second-order valence-electron chi connectivity index (χ2n) is 3.00. The van der Waals surface area contributed by atoms with Crippen molar-refractivity contribution in [3.8, 4) is 16.6 Å². The van der Waals surface area contributed by atoms with Gasteiger partial charge in [-0.1, -0.05) is 6.92 Å². The first kappa shape index (κ1) is 9.81. The monoisotopic (exact) mass is 215 g/mol. The fourth-order valence-electron chi connectivity index (χ4n) is 1.29. The summed E-state index contributed by atoms with van der Waals surface area (Å²) in [5.41, 5.74) is 1.85. The first-order chi connectivity index (χ1) is 7.35. The average Bonchev–Trinajstić information content (AvgIpc) is 2.73. The predicted molar refractivity (Wildman–Crippen MR) is 59.4 cm³/mol. The molecule has 0 saturated heterocycles. The van der Waals surface area contributed by atoms with Crippen LogP contribution in [0.3, 0.4) is 0 Å². The van der Waals surface area contributed by atoms with Crippen LogP contribution >= 0.6 is 11.3 Å². The van der Waals surface area contributed by atoms with Crippen LogP contribution in [0, 0.1) is 11.3 Å². The van der Waals surface area contributed by atoms with Crippen LogP contribution in [-0.4, -0.2) is 9.97 Å². The zero-order valence-electron chi connectivity index (χ0n) is 8.27. The van der Waals surface area contributed by atoms with Crippen molar-refractivity contribution in [2.75, 3.05) is 0 Å². The molecule has 0 N–H and O–H groups in total. The van der Waals surface area contributed by atoms with E-state index in [1.54, 1.807) is 12.4 Å². The molecule has 0 aliphatic carbocycles. The van der Waals surface area contributed by atoms with Gasteiger partial charge in [-0.2, -0.15) is 5.26 Å². The van der Waals surface area contributed by atoms with E-state index < -0.39 is 0 Å². The zero-order valence-corrected chi connectivity index (χ0v) is 9.08. The Morgan fingerprint density at radius 2 is 2.40 bits per heavy atom. The van der Waals surface area contributed by atoms with E-state index in [1.807, 2.05) is 19.1 Å². The summed E-state index contributed by atoms with van der Waals surface area (Å²) in [6, 6.07) is 5.99. The summed E-state index contributed by atoms with van der Waals surface area (Å²) in [6.07, 6.45) is 4.28.